The molecule has 2 aromatic heterocycles. The second-order valence-corrected chi connectivity index (χ2v) is 3.33. The van der Waals surface area contributed by atoms with E-state index in [4.69, 9.17) is 0 Å². The molecule has 0 amide bonds. The SMILES string of the molecule is CCn1nncc1Cn1cccc(F)c1=O. The molecule has 2 aromatic rings. The van der Waals surface area contributed by atoms with Crippen molar-refractivity contribution in [2.45, 2.75) is 20.0 Å². The summed E-state index contributed by atoms with van der Waals surface area (Å²) < 4.78 is 16.0. The number of nitrogens with zero attached hydrogens (tertiary/aromatic N) is 4. The van der Waals surface area contributed by atoms with Gasteiger partial charge in [-0.25, -0.2) is 9.07 Å². The van der Waals surface area contributed by atoms with Gasteiger partial charge in [0.1, 0.15) is 0 Å². The Morgan fingerprint density at radius 3 is 3.06 bits per heavy atom. The molecule has 0 spiro atoms. The Labute approximate surface area is 91.1 Å². The highest BCUT2D eigenvalue weighted by Crippen LogP contribution is 1.99. The van der Waals surface area contributed by atoms with Gasteiger partial charge in [-0.05, 0) is 19.1 Å². The van der Waals surface area contributed by atoms with Crippen molar-refractivity contribution in [1.29, 1.82) is 0 Å². The van der Waals surface area contributed by atoms with Crippen molar-refractivity contribution in [3.63, 3.8) is 0 Å². The smallest absolute Gasteiger partial charge is 0.286 e. The van der Waals surface area contributed by atoms with Gasteiger partial charge in [-0.15, -0.1) is 5.10 Å². The van der Waals surface area contributed by atoms with Crippen LogP contribution in [0, 0.1) is 5.82 Å². The Hall–Kier alpha value is -1.98. The van der Waals surface area contributed by atoms with Gasteiger partial charge in [0.2, 0.25) is 0 Å². The number of aromatic nitrogens is 4. The minimum atomic E-state index is -0.752. The summed E-state index contributed by atoms with van der Waals surface area (Å²) in [5.74, 6) is -0.752. The number of pyridine rings is 1. The predicted octanol–water partition coefficient (Wildman–Crippen LogP) is 0.647. The normalized spacial score (nSPS) is 10.6. The van der Waals surface area contributed by atoms with Crippen molar-refractivity contribution >= 4 is 0 Å². The van der Waals surface area contributed by atoms with Gasteiger partial charge in [-0.1, -0.05) is 5.21 Å². The molecule has 0 aliphatic heterocycles. The first-order valence-electron chi connectivity index (χ1n) is 4.94. The van der Waals surface area contributed by atoms with Crippen molar-refractivity contribution in [3.8, 4) is 0 Å². The largest absolute Gasteiger partial charge is 0.307 e. The summed E-state index contributed by atoms with van der Waals surface area (Å²) in [5.41, 5.74) is 0.140. The van der Waals surface area contributed by atoms with Crippen LogP contribution in [0.25, 0.3) is 0 Å². The zero-order chi connectivity index (χ0) is 11.5. The van der Waals surface area contributed by atoms with Crippen molar-refractivity contribution in [2.24, 2.45) is 0 Å². The van der Waals surface area contributed by atoms with Crippen LogP contribution < -0.4 is 5.56 Å². The number of hydrogen-bond donors (Lipinski definition) is 0. The number of rotatable bonds is 3. The van der Waals surface area contributed by atoms with E-state index in [0.29, 0.717) is 6.54 Å². The second-order valence-electron chi connectivity index (χ2n) is 3.33. The van der Waals surface area contributed by atoms with Gasteiger partial charge < -0.3 is 4.57 Å². The van der Waals surface area contributed by atoms with E-state index in [9.17, 15) is 9.18 Å². The molecule has 0 aliphatic rings. The van der Waals surface area contributed by atoms with E-state index in [1.165, 1.54) is 10.6 Å². The minimum absolute atomic E-state index is 0.275. The molecule has 0 bridgehead atoms. The summed E-state index contributed by atoms with van der Waals surface area (Å²) in [5, 5.41) is 7.59. The van der Waals surface area contributed by atoms with E-state index in [2.05, 4.69) is 10.3 Å². The highest BCUT2D eigenvalue weighted by atomic mass is 19.1. The van der Waals surface area contributed by atoms with Crippen molar-refractivity contribution < 1.29 is 4.39 Å². The van der Waals surface area contributed by atoms with Crippen LogP contribution >= 0.6 is 0 Å². The summed E-state index contributed by atoms with van der Waals surface area (Å²) in [6, 6.07) is 2.64. The molecular formula is C10H11FN4O. The van der Waals surface area contributed by atoms with Crippen LogP contribution in [0.4, 0.5) is 4.39 Å². The molecule has 2 heterocycles. The Morgan fingerprint density at radius 1 is 1.50 bits per heavy atom. The van der Waals surface area contributed by atoms with Gasteiger partial charge in [0, 0.05) is 12.7 Å². The fourth-order valence-corrected chi connectivity index (χ4v) is 1.47. The fourth-order valence-electron chi connectivity index (χ4n) is 1.47. The molecular weight excluding hydrogens is 211 g/mol. The maximum atomic E-state index is 13.0. The summed E-state index contributed by atoms with van der Waals surface area (Å²) >= 11 is 0. The van der Waals surface area contributed by atoms with E-state index in [-0.39, 0.29) is 6.54 Å². The number of halogens is 1. The summed E-state index contributed by atoms with van der Waals surface area (Å²) in [6.07, 6.45) is 3.11. The van der Waals surface area contributed by atoms with Crippen molar-refractivity contribution in [1.82, 2.24) is 19.6 Å². The molecule has 0 aromatic carbocycles. The Balaban J connectivity index is 2.34. The zero-order valence-corrected chi connectivity index (χ0v) is 8.80. The van der Waals surface area contributed by atoms with E-state index >= 15 is 0 Å². The van der Waals surface area contributed by atoms with Gasteiger partial charge in [0.05, 0.1) is 18.4 Å². The van der Waals surface area contributed by atoms with Crippen LogP contribution in [-0.4, -0.2) is 19.6 Å². The summed E-state index contributed by atoms with van der Waals surface area (Å²) in [6.45, 7) is 2.86. The van der Waals surface area contributed by atoms with Gasteiger partial charge in [-0.2, -0.15) is 0 Å². The lowest BCUT2D eigenvalue weighted by atomic mass is 10.4. The fraction of sp³-hybridized carbons (Fsp3) is 0.300. The average Bonchev–Trinajstić information content (AvgIpc) is 2.72. The van der Waals surface area contributed by atoms with Gasteiger partial charge in [-0.3, -0.25) is 4.79 Å². The predicted molar refractivity (Wildman–Crippen MR) is 55.5 cm³/mol. The second kappa shape index (κ2) is 4.26. The lowest BCUT2D eigenvalue weighted by molar-refractivity contribution is 0.553. The quantitative estimate of drug-likeness (QED) is 0.766. The molecule has 0 N–H and O–H groups in total. The minimum Gasteiger partial charge on any atom is -0.307 e. The Morgan fingerprint density at radius 2 is 2.31 bits per heavy atom. The highest BCUT2D eigenvalue weighted by molar-refractivity contribution is 5.01. The molecule has 0 atom stereocenters. The summed E-state index contributed by atoms with van der Waals surface area (Å²) in [7, 11) is 0. The molecule has 2 rings (SSSR count). The topological polar surface area (TPSA) is 52.7 Å². The first kappa shape index (κ1) is 10.5. The van der Waals surface area contributed by atoms with Crippen LogP contribution in [0.15, 0.2) is 29.3 Å². The average molecular weight is 222 g/mol. The van der Waals surface area contributed by atoms with E-state index in [1.807, 2.05) is 6.92 Å². The lowest BCUT2D eigenvalue weighted by Gasteiger charge is -2.05. The van der Waals surface area contributed by atoms with Gasteiger partial charge >= 0.3 is 0 Å². The molecule has 5 nitrogen and oxygen atoms in total. The maximum Gasteiger partial charge on any atom is 0.286 e. The third-order valence-electron chi connectivity index (χ3n) is 2.30. The number of hydrogen-bond acceptors (Lipinski definition) is 3. The molecule has 84 valence electrons. The van der Waals surface area contributed by atoms with Crippen LogP contribution in [0.1, 0.15) is 12.6 Å². The number of aryl methyl sites for hydroxylation is 1. The molecule has 0 unspecified atom stereocenters. The lowest BCUT2D eigenvalue weighted by Crippen LogP contribution is -2.23. The van der Waals surface area contributed by atoms with E-state index < -0.39 is 11.4 Å². The highest BCUT2D eigenvalue weighted by Gasteiger charge is 2.06. The third kappa shape index (κ3) is 1.86. The first-order valence-corrected chi connectivity index (χ1v) is 4.94. The Kier molecular flexibility index (Phi) is 2.80. The van der Waals surface area contributed by atoms with Gasteiger partial charge in [0.15, 0.2) is 5.82 Å². The van der Waals surface area contributed by atoms with Crippen LogP contribution in [0.5, 0.6) is 0 Å². The van der Waals surface area contributed by atoms with E-state index in [0.717, 1.165) is 11.8 Å². The molecule has 0 radical (unpaired) electrons. The Bertz CT molecular complexity index is 546. The molecule has 0 saturated heterocycles. The molecule has 0 saturated carbocycles. The molecule has 6 heteroatoms. The third-order valence-corrected chi connectivity index (χ3v) is 2.30. The van der Waals surface area contributed by atoms with Crippen molar-refractivity contribution in [2.75, 3.05) is 0 Å². The molecule has 0 fully saturated rings. The van der Waals surface area contributed by atoms with Crippen LogP contribution in [-0.2, 0) is 13.1 Å². The first-order chi connectivity index (χ1) is 7.72. The standard InChI is InChI=1S/C10H11FN4O/c1-2-15-8(6-12-13-15)7-14-5-3-4-9(11)10(14)16/h3-6H,2,7H2,1H3. The van der Waals surface area contributed by atoms with Crippen LogP contribution in [0.3, 0.4) is 0 Å². The monoisotopic (exact) mass is 222 g/mol. The molecule has 16 heavy (non-hydrogen) atoms. The van der Waals surface area contributed by atoms with Gasteiger partial charge in [0.25, 0.3) is 5.56 Å². The molecule has 0 aliphatic carbocycles. The van der Waals surface area contributed by atoms with Crippen molar-refractivity contribution in [3.05, 3.63) is 46.4 Å². The van der Waals surface area contributed by atoms with Crippen LogP contribution in [0.2, 0.25) is 0 Å². The van der Waals surface area contributed by atoms with E-state index in [1.54, 1.807) is 17.1 Å². The maximum absolute atomic E-state index is 13.0. The summed E-state index contributed by atoms with van der Waals surface area (Å²) in [4.78, 5) is 11.4. The zero-order valence-electron chi connectivity index (χ0n) is 8.80.